The van der Waals surface area contributed by atoms with Crippen LogP contribution in [-0.2, 0) is 5.41 Å². The molecule has 74 valence electrons. The highest BCUT2D eigenvalue weighted by Crippen LogP contribution is 2.21. The molecular weight excluding hydrogens is 176 g/mol. The fourth-order valence-corrected chi connectivity index (χ4v) is 0.991. The number of anilines is 1. The van der Waals surface area contributed by atoms with Gasteiger partial charge in [-0.15, -0.1) is 0 Å². The van der Waals surface area contributed by atoms with Crippen LogP contribution >= 0.6 is 0 Å². The molecule has 0 atom stereocenters. The average Bonchev–Trinajstić information content (AvgIpc) is 2.18. The molecule has 0 aliphatic heterocycles. The van der Waals surface area contributed by atoms with Gasteiger partial charge in [0.15, 0.2) is 0 Å². The van der Waals surface area contributed by atoms with E-state index in [4.69, 9.17) is 5.26 Å². The maximum absolute atomic E-state index is 8.95. The van der Waals surface area contributed by atoms with Crippen molar-refractivity contribution in [3.8, 4) is 6.07 Å². The number of nitrogens with zero attached hydrogens (tertiary/aromatic N) is 4. The topological polar surface area (TPSA) is 52.8 Å². The van der Waals surface area contributed by atoms with Gasteiger partial charge in [-0.1, -0.05) is 0 Å². The molecule has 0 aromatic carbocycles. The van der Waals surface area contributed by atoms with Crippen molar-refractivity contribution in [2.75, 3.05) is 19.0 Å². The number of hydrogen-bond donors (Lipinski definition) is 0. The van der Waals surface area contributed by atoms with Gasteiger partial charge in [0, 0.05) is 20.2 Å². The van der Waals surface area contributed by atoms with Gasteiger partial charge in [-0.3, -0.25) is 0 Å². The summed E-state index contributed by atoms with van der Waals surface area (Å²) in [6, 6.07) is 4.05. The molecule has 1 aromatic rings. The molecule has 0 aliphatic rings. The summed E-state index contributed by atoms with van der Waals surface area (Å²) in [6.07, 6.45) is 1.49. The molecule has 0 unspecified atom stereocenters. The Labute approximate surface area is 84.2 Å². The van der Waals surface area contributed by atoms with Crippen LogP contribution in [0.15, 0.2) is 12.4 Å². The molecule has 4 heteroatoms. The van der Waals surface area contributed by atoms with Crippen LogP contribution in [0.2, 0.25) is 0 Å². The molecule has 0 radical (unpaired) electrons. The first-order valence-corrected chi connectivity index (χ1v) is 4.38. The van der Waals surface area contributed by atoms with Crippen LogP contribution in [-0.4, -0.2) is 24.1 Å². The van der Waals surface area contributed by atoms with E-state index in [1.54, 1.807) is 0 Å². The molecule has 0 amide bonds. The molecular formula is C10H14N4. The molecule has 0 N–H and O–H groups in total. The highest BCUT2D eigenvalue weighted by molar-refractivity contribution is 5.39. The second-order valence-electron chi connectivity index (χ2n) is 3.89. The van der Waals surface area contributed by atoms with Gasteiger partial charge in [0.05, 0.1) is 17.2 Å². The van der Waals surface area contributed by atoms with E-state index >= 15 is 0 Å². The van der Waals surface area contributed by atoms with Gasteiger partial charge in [-0.2, -0.15) is 5.26 Å². The lowest BCUT2D eigenvalue weighted by atomic mass is 9.91. The summed E-state index contributed by atoms with van der Waals surface area (Å²) in [5.41, 5.74) is 0.187. The Kier molecular flexibility index (Phi) is 2.70. The Bertz CT molecular complexity index is 363. The van der Waals surface area contributed by atoms with Crippen LogP contribution in [0.25, 0.3) is 0 Å². The van der Waals surface area contributed by atoms with Crippen LogP contribution in [0.4, 0.5) is 5.82 Å². The lowest BCUT2D eigenvalue weighted by Gasteiger charge is -2.17. The largest absolute Gasteiger partial charge is 0.363 e. The Morgan fingerprint density at radius 3 is 2.50 bits per heavy atom. The third-order valence-corrected chi connectivity index (χ3v) is 2.03. The molecule has 0 saturated heterocycles. The molecule has 0 saturated carbocycles. The number of rotatable bonds is 2. The summed E-state index contributed by atoms with van der Waals surface area (Å²) in [7, 11) is 3.82. The van der Waals surface area contributed by atoms with E-state index in [0.29, 0.717) is 0 Å². The van der Waals surface area contributed by atoms with Crippen molar-refractivity contribution in [2.45, 2.75) is 19.3 Å². The van der Waals surface area contributed by atoms with E-state index in [0.717, 1.165) is 11.5 Å². The first kappa shape index (κ1) is 10.5. The van der Waals surface area contributed by atoms with Crippen molar-refractivity contribution in [2.24, 2.45) is 0 Å². The lowest BCUT2D eigenvalue weighted by Crippen LogP contribution is -2.18. The van der Waals surface area contributed by atoms with E-state index < -0.39 is 5.41 Å². The Morgan fingerprint density at radius 2 is 2.00 bits per heavy atom. The summed E-state index contributed by atoms with van der Waals surface area (Å²) < 4.78 is 0. The van der Waals surface area contributed by atoms with Crippen molar-refractivity contribution < 1.29 is 0 Å². The zero-order chi connectivity index (χ0) is 10.8. The van der Waals surface area contributed by atoms with Crippen molar-refractivity contribution in [1.29, 1.82) is 5.26 Å². The van der Waals surface area contributed by atoms with E-state index in [2.05, 4.69) is 16.0 Å². The van der Waals surface area contributed by atoms with Gasteiger partial charge in [-0.25, -0.2) is 9.97 Å². The van der Waals surface area contributed by atoms with Crippen molar-refractivity contribution in [1.82, 2.24) is 9.97 Å². The summed E-state index contributed by atoms with van der Waals surface area (Å²) in [5.74, 6) is 0.818. The van der Waals surface area contributed by atoms with E-state index in [-0.39, 0.29) is 0 Å². The molecule has 0 bridgehead atoms. The second kappa shape index (κ2) is 3.62. The van der Waals surface area contributed by atoms with Gasteiger partial charge in [-0.05, 0) is 13.8 Å². The van der Waals surface area contributed by atoms with Crippen LogP contribution < -0.4 is 4.90 Å². The zero-order valence-electron chi connectivity index (χ0n) is 8.94. The van der Waals surface area contributed by atoms with E-state index in [9.17, 15) is 0 Å². The predicted molar refractivity (Wildman–Crippen MR) is 55.0 cm³/mol. The van der Waals surface area contributed by atoms with Gasteiger partial charge < -0.3 is 4.90 Å². The van der Waals surface area contributed by atoms with Crippen LogP contribution in [0.3, 0.4) is 0 Å². The maximum Gasteiger partial charge on any atom is 0.131 e. The zero-order valence-corrected chi connectivity index (χ0v) is 8.94. The van der Waals surface area contributed by atoms with E-state index in [1.165, 1.54) is 6.33 Å². The highest BCUT2D eigenvalue weighted by atomic mass is 15.1. The summed E-state index contributed by atoms with van der Waals surface area (Å²) in [4.78, 5) is 10.1. The molecule has 1 aromatic heterocycles. The van der Waals surface area contributed by atoms with Gasteiger partial charge in [0.25, 0.3) is 0 Å². The quantitative estimate of drug-likeness (QED) is 0.706. The molecule has 1 rings (SSSR count). The minimum absolute atomic E-state index is 0.562. The Hall–Kier alpha value is -1.63. The summed E-state index contributed by atoms with van der Waals surface area (Å²) >= 11 is 0. The maximum atomic E-state index is 8.95. The minimum atomic E-state index is -0.562. The average molecular weight is 190 g/mol. The van der Waals surface area contributed by atoms with Crippen LogP contribution in [0, 0.1) is 11.3 Å². The third kappa shape index (κ3) is 1.99. The SMILES string of the molecule is CN(C)c1cc(C(C)(C)C#N)ncn1. The normalized spacial score (nSPS) is 10.8. The van der Waals surface area contributed by atoms with Crippen molar-refractivity contribution in [3.05, 3.63) is 18.1 Å². The fourth-order valence-electron chi connectivity index (χ4n) is 0.991. The lowest BCUT2D eigenvalue weighted by molar-refractivity contribution is 0.655. The predicted octanol–water partition coefficient (Wildman–Crippen LogP) is 1.34. The molecule has 1 heterocycles. The van der Waals surface area contributed by atoms with E-state index in [1.807, 2.05) is 38.9 Å². The molecule has 0 fully saturated rings. The molecule has 14 heavy (non-hydrogen) atoms. The molecule has 4 nitrogen and oxygen atoms in total. The van der Waals surface area contributed by atoms with Crippen LogP contribution in [0.5, 0.6) is 0 Å². The third-order valence-electron chi connectivity index (χ3n) is 2.03. The summed E-state index contributed by atoms with van der Waals surface area (Å²) in [6.45, 7) is 3.68. The first-order valence-electron chi connectivity index (χ1n) is 4.38. The summed E-state index contributed by atoms with van der Waals surface area (Å²) in [5, 5.41) is 8.95. The monoisotopic (exact) mass is 190 g/mol. The second-order valence-corrected chi connectivity index (χ2v) is 3.89. The number of nitriles is 1. The Morgan fingerprint density at radius 1 is 1.36 bits per heavy atom. The molecule has 0 spiro atoms. The van der Waals surface area contributed by atoms with Gasteiger partial charge in [0.2, 0.25) is 0 Å². The van der Waals surface area contributed by atoms with Crippen molar-refractivity contribution >= 4 is 5.82 Å². The van der Waals surface area contributed by atoms with Crippen LogP contribution in [0.1, 0.15) is 19.5 Å². The van der Waals surface area contributed by atoms with Crippen molar-refractivity contribution in [3.63, 3.8) is 0 Å². The number of hydrogen-bond acceptors (Lipinski definition) is 4. The Balaban J connectivity index is 3.14. The highest BCUT2D eigenvalue weighted by Gasteiger charge is 2.22. The standard InChI is InChI=1S/C10H14N4/c1-10(2,6-11)8-5-9(14(3)4)13-7-12-8/h5,7H,1-4H3. The fraction of sp³-hybridized carbons (Fsp3) is 0.500. The minimum Gasteiger partial charge on any atom is -0.363 e. The first-order chi connectivity index (χ1) is 6.47. The molecule has 0 aliphatic carbocycles. The number of aromatic nitrogens is 2. The van der Waals surface area contributed by atoms with Gasteiger partial charge >= 0.3 is 0 Å². The smallest absolute Gasteiger partial charge is 0.131 e. The van der Waals surface area contributed by atoms with Gasteiger partial charge in [0.1, 0.15) is 12.1 Å².